The maximum absolute atomic E-state index is 12.5. The van der Waals surface area contributed by atoms with Crippen LogP contribution in [0.4, 0.5) is 0 Å². The molecule has 444 valence electrons. The minimum atomic E-state index is -1.22. The minimum Gasteiger partial charge on any atom is -0.481 e. The summed E-state index contributed by atoms with van der Waals surface area (Å²) in [6.45, 7) is 10.0. The molecule has 7 aliphatic rings. The summed E-state index contributed by atoms with van der Waals surface area (Å²) >= 11 is 5.58. The van der Waals surface area contributed by atoms with Crippen LogP contribution in [0.15, 0.2) is 39.9 Å². The number of nitrogens with two attached hydrogens (primary N) is 1. The molecule has 5 heterocycles. The third-order valence-electron chi connectivity index (χ3n) is 15.1. The third kappa shape index (κ3) is 23.0. The van der Waals surface area contributed by atoms with E-state index in [9.17, 15) is 38.4 Å². The van der Waals surface area contributed by atoms with Crippen LogP contribution in [0.2, 0.25) is 0 Å². The van der Waals surface area contributed by atoms with Gasteiger partial charge in [-0.3, -0.25) is 38.5 Å². The molecule has 2 atom stereocenters. The molecule has 3 saturated heterocycles. The summed E-state index contributed by atoms with van der Waals surface area (Å²) in [6.07, 6.45) is 22.8. The second-order valence-corrected chi connectivity index (χ2v) is 21.2. The van der Waals surface area contributed by atoms with Gasteiger partial charge in [0.1, 0.15) is 5.17 Å². The third-order valence-corrected chi connectivity index (χ3v) is 15.3. The number of nitrogens with one attached hydrogen (secondary N) is 1. The lowest BCUT2D eigenvalue weighted by Crippen LogP contribution is -2.41. The molecular formula is C55H86ClN7O16. The smallest absolute Gasteiger partial charge is 0.333 e. The largest absolute Gasteiger partial charge is 0.481 e. The lowest BCUT2D eigenvalue weighted by atomic mass is 9.84. The average molecular weight is 1140 g/mol. The Morgan fingerprint density at radius 2 is 1.16 bits per heavy atom. The van der Waals surface area contributed by atoms with Crippen molar-refractivity contribution < 1.29 is 77.3 Å². The van der Waals surface area contributed by atoms with Gasteiger partial charge in [-0.1, -0.05) is 104 Å². The molecule has 7 rings (SSSR count). The van der Waals surface area contributed by atoms with Gasteiger partial charge in [0.25, 0.3) is 5.91 Å². The van der Waals surface area contributed by atoms with E-state index >= 15 is 0 Å². The molecule has 0 aromatic heterocycles. The van der Waals surface area contributed by atoms with Gasteiger partial charge in [-0.25, -0.2) is 4.79 Å². The topological polar surface area (TPSA) is 314 Å². The number of oxime groups is 3. The van der Waals surface area contributed by atoms with Crippen LogP contribution < -0.4 is 11.1 Å². The van der Waals surface area contributed by atoms with Gasteiger partial charge in [0.05, 0.1) is 84.1 Å². The van der Waals surface area contributed by atoms with Gasteiger partial charge in [0, 0.05) is 44.5 Å². The number of ether oxygens (including phenoxy) is 4. The molecule has 5 fully saturated rings. The number of methoxy groups -OCH3 is 4. The summed E-state index contributed by atoms with van der Waals surface area (Å²) in [5.41, 5.74) is 5.64. The van der Waals surface area contributed by atoms with Crippen LogP contribution in [0, 0.1) is 17.8 Å². The number of amides is 3. The first-order chi connectivity index (χ1) is 37.8. The van der Waals surface area contributed by atoms with Crippen LogP contribution in [0.3, 0.4) is 0 Å². The minimum absolute atomic E-state index is 0.0498. The van der Waals surface area contributed by atoms with Crippen molar-refractivity contribution >= 4 is 75.8 Å². The maximum Gasteiger partial charge on any atom is 0.333 e. The number of nitrogens with zero attached hydrogens (tertiary/aromatic N) is 5. The van der Waals surface area contributed by atoms with Crippen molar-refractivity contribution in [3.63, 3.8) is 0 Å². The van der Waals surface area contributed by atoms with Gasteiger partial charge >= 0.3 is 29.8 Å². The Kier molecular flexibility index (Phi) is 30.4. The van der Waals surface area contributed by atoms with Gasteiger partial charge in [-0.15, -0.1) is 0 Å². The Bertz CT molecular complexity index is 2170. The summed E-state index contributed by atoms with van der Waals surface area (Å²) in [6, 6.07) is 0. The molecular weight excluding hydrogens is 1050 g/mol. The van der Waals surface area contributed by atoms with E-state index in [1.165, 1.54) is 92.6 Å². The number of piperidine rings is 1. The van der Waals surface area contributed by atoms with E-state index < -0.39 is 35.0 Å². The van der Waals surface area contributed by atoms with E-state index in [-0.39, 0.29) is 74.5 Å². The van der Waals surface area contributed by atoms with Crippen molar-refractivity contribution in [3.05, 3.63) is 24.4 Å². The fourth-order valence-electron chi connectivity index (χ4n) is 10.3. The van der Waals surface area contributed by atoms with E-state index in [1.807, 2.05) is 0 Å². The number of imide groups is 1. The molecule has 0 bridgehead atoms. The SMILES string of the molecule is C=C(CC(=O)OC)C(=O)OC.C=C1N(CCC(=O)OC)C(=O)CC12CC(CCC1CCCCC1)=NO2.COC(=O)CCN.O/N=C(/Cl)CCC1CCCCC1.O=C(O)CCN1C(=O)CC2(CC(CCC3CCNCC3)=NO2)C1=O. The monoisotopic (exact) mass is 1140 g/mol. The first-order valence-corrected chi connectivity index (χ1v) is 27.9. The second-order valence-electron chi connectivity index (χ2n) is 20.8. The van der Waals surface area contributed by atoms with Crippen molar-refractivity contribution in [2.45, 2.75) is 178 Å². The molecule has 0 aromatic rings. The Balaban J connectivity index is 0.000000280. The van der Waals surface area contributed by atoms with Crippen LogP contribution in [0.5, 0.6) is 0 Å². The first-order valence-electron chi connectivity index (χ1n) is 27.6. The maximum atomic E-state index is 12.5. The lowest BCUT2D eigenvalue weighted by molar-refractivity contribution is -0.149. The highest BCUT2D eigenvalue weighted by Crippen LogP contribution is 2.43. The van der Waals surface area contributed by atoms with Gasteiger partial charge in [0.2, 0.25) is 17.4 Å². The van der Waals surface area contributed by atoms with Crippen molar-refractivity contribution in [1.29, 1.82) is 0 Å². The van der Waals surface area contributed by atoms with Crippen molar-refractivity contribution in [1.82, 2.24) is 15.1 Å². The van der Waals surface area contributed by atoms with Crippen LogP contribution in [0.25, 0.3) is 0 Å². The Morgan fingerprint density at radius 3 is 1.67 bits per heavy atom. The quantitative estimate of drug-likeness (QED) is 0.0184. The van der Waals surface area contributed by atoms with E-state index in [0.29, 0.717) is 42.6 Å². The summed E-state index contributed by atoms with van der Waals surface area (Å²) in [7, 11) is 5.16. The summed E-state index contributed by atoms with van der Waals surface area (Å²) in [5.74, 6) is -1.31. The van der Waals surface area contributed by atoms with Crippen molar-refractivity contribution in [2.75, 3.05) is 61.2 Å². The zero-order chi connectivity index (χ0) is 58.4. The summed E-state index contributed by atoms with van der Waals surface area (Å²) in [5, 5.41) is 32.0. The van der Waals surface area contributed by atoms with Crippen LogP contribution >= 0.6 is 11.6 Å². The summed E-state index contributed by atoms with van der Waals surface area (Å²) in [4.78, 5) is 104. The van der Waals surface area contributed by atoms with E-state index in [4.69, 9.17) is 37.3 Å². The molecule has 0 aromatic carbocycles. The number of likely N-dealkylation sites (tertiary alicyclic amines) is 2. The lowest BCUT2D eigenvalue weighted by Gasteiger charge is -2.24. The Hall–Kier alpha value is -5.94. The number of carboxylic acids is 1. The fraction of sp³-hybridized carbons (Fsp3) is 0.727. The molecule has 79 heavy (non-hydrogen) atoms. The molecule has 24 heteroatoms. The molecule has 23 nitrogen and oxygen atoms in total. The number of carbonyl (C=O) groups is 8. The Labute approximate surface area is 469 Å². The predicted octanol–water partition coefficient (Wildman–Crippen LogP) is 6.85. The predicted molar refractivity (Wildman–Crippen MR) is 292 cm³/mol. The number of hydrogen-bond acceptors (Lipinski definition) is 20. The van der Waals surface area contributed by atoms with Crippen LogP contribution in [-0.4, -0.2) is 157 Å². The molecule has 2 spiro atoms. The van der Waals surface area contributed by atoms with E-state index in [2.05, 4.69) is 52.9 Å². The first kappa shape index (κ1) is 67.3. The second kappa shape index (κ2) is 35.6. The average Bonchev–Trinajstić information content (AvgIpc) is 4.24. The number of esters is 4. The van der Waals surface area contributed by atoms with Gasteiger partial charge in [-0.2, -0.15) is 0 Å². The standard InChI is InChI=1S/C19H28N2O4.C16H23N3O5.C9H16ClNO.C7H10O4.C4H9NO2/c1-14-19(13-17(22)21(14)11-10-18(23)24-2)12-16(20-25-19)9-8-15-6-4-3-5-7-15;20-13-10-16(15(23)19(13)8-5-14(21)22)9-12(18-24-16)2-1-11-3-6-17-7-4-11;10-9(11-12)7-6-8-4-2-1-3-5-8;1-5(7(9)11-3)4-6(8)10-2;1-7-4(6)2-3-5/h15H,1,3-13H2,2H3;11,17H,1-10H2,(H,21,22);8,12H,1-7H2;1,4H2,2-3H3;2-3,5H2,1H3/b;;11-9+;;. The Morgan fingerprint density at radius 1 is 0.684 bits per heavy atom. The van der Waals surface area contributed by atoms with Gasteiger partial charge < -0.3 is 54.9 Å². The van der Waals surface area contributed by atoms with Crippen molar-refractivity contribution in [2.24, 2.45) is 39.0 Å². The number of carbonyl (C=O) groups excluding carboxylic acids is 7. The highest BCUT2D eigenvalue weighted by molar-refractivity contribution is 6.65. The number of halogens is 1. The molecule has 2 saturated carbocycles. The summed E-state index contributed by atoms with van der Waals surface area (Å²) < 4.78 is 17.5. The van der Waals surface area contributed by atoms with Gasteiger partial charge in [0.15, 0.2) is 5.60 Å². The highest BCUT2D eigenvalue weighted by atomic mass is 35.5. The van der Waals surface area contributed by atoms with Crippen LogP contribution in [0.1, 0.15) is 167 Å². The zero-order valence-electron chi connectivity index (χ0n) is 46.9. The number of hydrogen-bond donors (Lipinski definition) is 4. The molecule has 2 aliphatic carbocycles. The van der Waals surface area contributed by atoms with Gasteiger partial charge in [-0.05, 0) is 75.8 Å². The number of rotatable bonds is 20. The molecule has 5 N–H and O–H groups in total. The zero-order valence-corrected chi connectivity index (χ0v) is 47.6. The molecule has 3 amide bonds. The van der Waals surface area contributed by atoms with E-state index in [1.54, 1.807) is 4.90 Å². The highest BCUT2D eigenvalue weighted by Gasteiger charge is 2.57. The normalized spacial score (nSPS) is 22.1. The van der Waals surface area contributed by atoms with E-state index in [0.717, 1.165) is 92.6 Å². The number of aliphatic carboxylic acids is 1. The van der Waals surface area contributed by atoms with Crippen molar-refractivity contribution in [3.8, 4) is 0 Å². The van der Waals surface area contributed by atoms with Crippen LogP contribution in [-0.2, 0) is 67.0 Å². The molecule has 5 aliphatic heterocycles. The molecule has 2 unspecified atom stereocenters. The fourth-order valence-corrected chi connectivity index (χ4v) is 10.5. The number of carboxylic acid groups (broad SMARTS) is 1. The molecule has 0 radical (unpaired) electrons.